The number of rotatable bonds is 5. The molecular weight excluding hydrogens is 348 g/mol. The summed E-state index contributed by atoms with van der Waals surface area (Å²) in [6.07, 6.45) is 6.39. The van der Waals surface area contributed by atoms with E-state index in [4.69, 9.17) is 0 Å². The summed E-state index contributed by atoms with van der Waals surface area (Å²) in [7, 11) is 0. The Labute approximate surface area is 155 Å². The predicted octanol–water partition coefficient (Wildman–Crippen LogP) is 3.07. The molecule has 1 aliphatic heterocycles. The maximum absolute atomic E-state index is 4.69. The summed E-state index contributed by atoms with van der Waals surface area (Å²) in [5, 5.41) is 13.3. The summed E-state index contributed by atoms with van der Waals surface area (Å²) in [5.41, 5.74) is 0.997. The molecule has 0 bridgehead atoms. The van der Waals surface area contributed by atoms with Crippen LogP contribution in [-0.4, -0.2) is 36.7 Å². The van der Waals surface area contributed by atoms with Crippen molar-refractivity contribution in [2.45, 2.75) is 39.2 Å². The average Bonchev–Trinajstić information content (AvgIpc) is 3.31. The van der Waals surface area contributed by atoms with E-state index in [0.29, 0.717) is 0 Å². The highest BCUT2D eigenvalue weighted by Gasteiger charge is 2.28. The van der Waals surface area contributed by atoms with Crippen LogP contribution in [0.4, 0.5) is 16.8 Å². The standard InChI is InChI=1S/C17H20N8S/c1-3-16-23-24-17(26-16)22-14-9-12(20-11(2)21-14)13-5-4-8-25(13)15-6-7-18-10-19-15/h6-7,9-10,13H,3-5,8H2,1-2H3,(H,20,21,22,24). The molecule has 134 valence electrons. The van der Waals surface area contributed by atoms with E-state index in [2.05, 4.69) is 47.3 Å². The van der Waals surface area contributed by atoms with Crippen molar-refractivity contribution in [2.75, 3.05) is 16.8 Å². The highest BCUT2D eigenvalue weighted by Crippen LogP contribution is 2.35. The van der Waals surface area contributed by atoms with Crippen LogP contribution in [0.5, 0.6) is 0 Å². The van der Waals surface area contributed by atoms with Crippen LogP contribution >= 0.6 is 11.3 Å². The number of hydrogen-bond donors (Lipinski definition) is 1. The van der Waals surface area contributed by atoms with E-state index >= 15 is 0 Å². The van der Waals surface area contributed by atoms with Gasteiger partial charge in [-0.25, -0.2) is 19.9 Å². The maximum atomic E-state index is 4.69. The Morgan fingerprint density at radius 1 is 1.31 bits per heavy atom. The molecule has 26 heavy (non-hydrogen) atoms. The van der Waals surface area contributed by atoms with Gasteiger partial charge in [-0.1, -0.05) is 18.3 Å². The topological polar surface area (TPSA) is 92.6 Å². The van der Waals surface area contributed by atoms with Crippen molar-refractivity contribution >= 4 is 28.1 Å². The Morgan fingerprint density at radius 3 is 3.00 bits per heavy atom. The van der Waals surface area contributed by atoms with Gasteiger partial charge >= 0.3 is 0 Å². The molecule has 1 saturated heterocycles. The van der Waals surface area contributed by atoms with Crippen LogP contribution < -0.4 is 10.2 Å². The first-order valence-electron chi connectivity index (χ1n) is 8.70. The lowest BCUT2D eigenvalue weighted by atomic mass is 10.1. The lowest BCUT2D eigenvalue weighted by Crippen LogP contribution is -2.24. The van der Waals surface area contributed by atoms with Crippen molar-refractivity contribution in [1.29, 1.82) is 0 Å². The minimum Gasteiger partial charge on any atom is -0.348 e. The third kappa shape index (κ3) is 3.48. The second-order valence-corrected chi connectivity index (χ2v) is 7.19. The second kappa shape index (κ2) is 7.28. The van der Waals surface area contributed by atoms with Crippen molar-refractivity contribution in [3.63, 3.8) is 0 Å². The van der Waals surface area contributed by atoms with E-state index < -0.39 is 0 Å². The van der Waals surface area contributed by atoms with Crippen LogP contribution in [0.2, 0.25) is 0 Å². The molecule has 0 radical (unpaired) electrons. The average molecular weight is 368 g/mol. The number of hydrogen-bond acceptors (Lipinski definition) is 9. The van der Waals surface area contributed by atoms with Gasteiger partial charge in [-0.2, -0.15) is 0 Å². The van der Waals surface area contributed by atoms with E-state index in [9.17, 15) is 0 Å². The molecule has 1 unspecified atom stereocenters. The third-order valence-electron chi connectivity index (χ3n) is 4.32. The molecule has 8 nitrogen and oxygen atoms in total. The van der Waals surface area contributed by atoms with Gasteiger partial charge in [0.05, 0.1) is 11.7 Å². The fraction of sp³-hybridized carbons (Fsp3) is 0.412. The summed E-state index contributed by atoms with van der Waals surface area (Å²) >= 11 is 1.55. The largest absolute Gasteiger partial charge is 0.348 e. The van der Waals surface area contributed by atoms with Gasteiger partial charge in [0.15, 0.2) is 0 Å². The predicted molar refractivity (Wildman–Crippen MR) is 101 cm³/mol. The van der Waals surface area contributed by atoms with Gasteiger partial charge in [0.2, 0.25) is 5.13 Å². The zero-order valence-corrected chi connectivity index (χ0v) is 15.6. The second-order valence-electron chi connectivity index (χ2n) is 6.12. The molecule has 1 aliphatic rings. The van der Waals surface area contributed by atoms with Gasteiger partial charge in [-0.3, -0.25) is 0 Å². The molecule has 4 rings (SSSR count). The third-order valence-corrected chi connectivity index (χ3v) is 5.30. The van der Waals surface area contributed by atoms with Gasteiger partial charge in [-0.05, 0) is 32.3 Å². The Hall–Kier alpha value is -2.68. The molecule has 1 fully saturated rings. The van der Waals surface area contributed by atoms with E-state index in [0.717, 1.165) is 59.1 Å². The normalized spacial score (nSPS) is 16.8. The highest BCUT2D eigenvalue weighted by atomic mass is 32.1. The Balaban J connectivity index is 1.61. The first-order chi connectivity index (χ1) is 12.7. The Kier molecular flexibility index (Phi) is 4.70. The lowest BCUT2D eigenvalue weighted by Gasteiger charge is -2.25. The lowest BCUT2D eigenvalue weighted by molar-refractivity contribution is 0.680. The summed E-state index contributed by atoms with van der Waals surface area (Å²) in [5.74, 6) is 2.42. The van der Waals surface area contributed by atoms with E-state index in [1.165, 1.54) is 0 Å². The van der Waals surface area contributed by atoms with Gasteiger partial charge in [0.25, 0.3) is 0 Å². The molecule has 3 aromatic rings. The smallest absolute Gasteiger partial charge is 0.211 e. The summed E-state index contributed by atoms with van der Waals surface area (Å²) in [4.78, 5) is 19.9. The monoisotopic (exact) mass is 368 g/mol. The molecule has 0 saturated carbocycles. The van der Waals surface area contributed by atoms with E-state index in [1.54, 1.807) is 23.9 Å². The number of aromatic nitrogens is 6. The SMILES string of the molecule is CCc1nnc(Nc2cc(C3CCCN3c3ccncn3)nc(C)n2)s1. The minimum atomic E-state index is 0.188. The first-order valence-corrected chi connectivity index (χ1v) is 9.52. The summed E-state index contributed by atoms with van der Waals surface area (Å²) in [6.45, 7) is 4.94. The van der Waals surface area contributed by atoms with E-state index in [1.807, 2.05) is 19.1 Å². The van der Waals surface area contributed by atoms with Crippen molar-refractivity contribution < 1.29 is 0 Å². The number of aryl methyl sites for hydroxylation is 2. The fourth-order valence-electron chi connectivity index (χ4n) is 3.18. The zero-order valence-electron chi connectivity index (χ0n) is 14.8. The van der Waals surface area contributed by atoms with Crippen LogP contribution in [0.25, 0.3) is 0 Å². The van der Waals surface area contributed by atoms with Crippen molar-refractivity contribution in [3.8, 4) is 0 Å². The first kappa shape index (κ1) is 16.8. The van der Waals surface area contributed by atoms with Crippen LogP contribution in [0.1, 0.15) is 42.3 Å². The van der Waals surface area contributed by atoms with Crippen LogP contribution in [0.15, 0.2) is 24.7 Å². The summed E-state index contributed by atoms with van der Waals surface area (Å²) in [6, 6.07) is 4.14. The quantitative estimate of drug-likeness (QED) is 0.734. The van der Waals surface area contributed by atoms with Crippen molar-refractivity contribution in [1.82, 2.24) is 30.1 Å². The van der Waals surface area contributed by atoms with Crippen LogP contribution in [0.3, 0.4) is 0 Å². The summed E-state index contributed by atoms with van der Waals surface area (Å²) < 4.78 is 0. The van der Waals surface area contributed by atoms with E-state index in [-0.39, 0.29) is 6.04 Å². The van der Waals surface area contributed by atoms with Gasteiger partial charge in [0.1, 0.15) is 28.8 Å². The molecule has 1 N–H and O–H groups in total. The molecule has 0 aliphatic carbocycles. The van der Waals surface area contributed by atoms with Gasteiger partial charge in [0, 0.05) is 18.8 Å². The van der Waals surface area contributed by atoms with Crippen molar-refractivity contribution in [3.05, 3.63) is 41.2 Å². The molecule has 9 heteroatoms. The number of nitrogens with one attached hydrogen (secondary N) is 1. The molecule has 4 heterocycles. The van der Waals surface area contributed by atoms with Crippen LogP contribution in [-0.2, 0) is 6.42 Å². The van der Waals surface area contributed by atoms with Crippen LogP contribution in [0, 0.1) is 6.92 Å². The molecule has 0 amide bonds. The molecule has 1 atom stereocenters. The highest BCUT2D eigenvalue weighted by molar-refractivity contribution is 7.15. The number of nitrogens with zero attached hydrogens (tertiary/aromatic N) is 7. The molecule has 3 aromatic heterocycles. The van der Waals surface area contributed by atoms with Gasteiger partial charge < -0.3 is 10.2 Å². The molecule has 0 aromatic carbocycles. The van der Waals surface area contributed by atoms with Gasteiger partial charge in [-0.15, -0.1) is 10.2 Å². The Morgan fingerprint density at radius 2 is 2.23 bits per heavy atom. The van der Waals surface area contributed by atoms with Crippen molar-refractivity contribution in [2.24, 2.45) is 0 Å². The fourth-order valence-corrected chi connectivity index (χ4v) is 3.87. The zero-order chi connectivity index (χ0) is 17.9. The molecule has 0 spiro atoms. The number of anilines is 3. The minimum absolute atomic E-state index is 0.188. The Bertz CT molecular complexity index is 881. The maximum Gasteiger partial charge on any atom is 0.211 e. The molecular formula is C17H20N8S.